The summed E-state index contributed by atoms with van der Waals surface area (Å²) in [6, 6.07) is 0. The molecule has 172 valence electrons. The summed E-state index contributed by atoms with van der Waals surface area (Å²) in [5.74, 6) is -3.15. The molecule has 3 N–H and O–H groups in total. The number of allylic oxidation sites excluding steroid dienone is 2. The van der Waals surface area contributed by atoms with Crippen LogP contribution in [0.2, 0.25) is 0 Å². The molecular formula is C25H36O6. The second-order valence-electron chi connectivity index (χ2n) is 11.0. The number of hydrogen-bond acceptors (Lipinski definition) is 6. The van der Waals surface area contributed by atoms with Gasteiger partial charge < -0.3 is 20.1 Å². The van der Waals surface area contributed by atoms with Gasteiger partial charge in [-0.2, -0.15) is 0 Å². The van der Waals surface area contributed by atoms with Crippen LogP contribution in [0.3, 0.4) is 0 Å². The summed E-state index contributed by atoms with van der Waals surface area (Å²) >= 11 is 0. The molecule has 6 nitrogen and oxygen atoms in total. The SMILES string of the molecule is CC(C)=CC1OC(C)(CC2C(=O)C(C)=CC2O)C2C(=O)C3(O)C(C)CCC3C(C)C12O. The molecule has 3 fully saturated rings. The largest absolute Gasteiger partial charge is 0.388 e. The van der Waals surface area contributed by atoms with Crippen LogP contribution in [0.4, 0.5) is 0 Å². The minimum atomic E-state index is -1.51. The summed E-state index contributed by atoms with van der Waals surface area (Å²) < 4.78 is 6.45. The van der Waals surface area contributed by atoms with E-state index in [0.29, 0.717) is 12.0 Å². The number of ether oxygens (including phenoxy) is 1. The number of rotatable bonds is 3. The fourth-order valence-corrected chi connectivity index (χ4v) is 7.15. The molecule has 31 heavy (non-hydrogen) atoms. The number of Topliss-reactive ketones (excluding diaryl/α,β-unsaturated/α-hetero) is 2. The summed E-state index contributed by atoms with van der Waals surface area (Å²) in [7, 11) is 0. The minimum absolute atomic E-state index is 0.106. The Balaban J connectivity index is 1.82. The third-order valence-electron chi connectivity index (χ3n) is 8.81. The first-order chi connectivity index (χ1) is 14.3. The fraction of sp³-hybridized carbons (Fsp3) is 0.760. The van der Waals surface area contributed by atoms with E-state index in [4.69, 9.17) is 4.74 Å². The van der Waals surface area contributed by atoms with Gasteiger partial charge >= 0.3 is 0 Å². The van der Waals surface area contributed by atoms with E-state index in [2.05, 4.69) is 0 Å². The number of carbonyl (C=O) groups is 2. The van der Waals surface area contributed by atoms with Crippen molar-refractivity contribution < 1.29 is 29.6 Å². The zero-order valence-electron chi connectivity index (χ0n) is 19.4. The normalized spacial score (nSPS) is 51.5. The van der Waals surface area contributed by atoms with Crippen LogP contribution in [0.5, 0.6) is 0 Å². The van der Waals surface area contributed by atoms with Crippen molar-refractivity contribution in [2.45, 2.75) is 89.8 Å². The number of hydrogen-bond donors (Lipinski definition) is 3. The predicted octanol–water partition coefficient (Wildman–Crippen LogP) is 2.35. The average Bonchev–Trinajstić information content (AvgIpc) is 3.19. The maximum atomic E-state index is 13.9. The Bertz CT molecular complexity index is 871. The van der Waals surface area contributed by atoms with Crippen LogP contribution in [-0.2, 0) is 14.3 Å². The summed E-state index contributed by atoms with van der Waals surface area (Å²) in [4.78, 5) is 26.6. The Morgan fingerprint density at radius 1 is 1.23 bits per heavy atom. The molecule has 1 aliphatic heterocycles. The van der Waals surface area contributed by atoms with E-state index in [0.717, 1.165) is 12.0 Å². The summed E-state index contributed by atoms with van der Waals surface area (Å²) in [6.45, 7) is 11.1. The van der Waals surface area contributed by atoms with E-state index in [9.17, 15) is 24.9 Å². The van der Waals surface area contributed by atoms with E-state index < -0.39 is 40.8 Å². The predicted molar refractivity (Wildman–Crippen MR) is 115 cm³/mol. The number of ketones is 2. The molecule has 6 heteroatoms. The molecule has 10 unspecified atom stereocenters. The lowest BCUT2D eigenvalue weighted by Crippen LogP contribution is -2.69. The van der Waals surface area contributed by atoms with Gasteiger partial charge in [0.2, 0.25) is 0 Å². The molecule has 0 radical (unpaired) electrons. The number of aliphatic hydroxyl groups excluding tert-OH is 1. The molecule has 1 heterocycles. The van der Waals surface area contributed by atoms with Gasteiger partial charge in [-0.3, -0.25) is 9.59 Å². The van der Waals surface area contributed by atoms with Gasteiger partial charge in [0.05, 0.1) is 23.5 Å². The lowest BCUT2D eigenvalue weighted by molar-refractivity contribution is -0.193. The fourth-order valence-electron chi connectivity index (χ4n) is 7.15. The molecule has 2 saturated carbocycles. The molecule has 4 rings (SSSR count). The molecule has 0 aromatic rings. The highest BCUT2D eigenvalue weighted by molar-refractivity contribution is 6.00. The smallest absolute Gasteiger partial charge is 0.173 e. The number of aliphatic hydroxyl groups is 3. The highest BCUT2D eigenvalue weighted by Gasteiger charge is 2.75. The van der Waals surface area contributed by atoms with E-state index in [-0.39, 0.29) is 35.7 Å². The van der Waals surface area contributed by atoms with Crippen LogP contribution < -0.4 is 0 Å². The molecule has 4 aliphatic rings. The van der Waals surface area contributed by atoms with Crippen molar-refractivity contribution in [3.63, 3.8) is 0 Å². The zero-order valence-corrected chi connectivity index (χ0v) is 19.4. The summed E-state index contributed by atoms with van der Waals surface area (Å²) in [6.07, 6.45) is 3.24. The molecule has 10 atom stereocenters. The third-order valence-corrected chi connectivity index (χ3v) is 8.81. The van der Waals surface area contributed by atoms with Crippen molar-refractivity contribution in [1.82, 2.24) is 0 Å². The maximum Gasteiger partial charge on any atom is 0.173 e. The van der Waals surface area contributed by atoms with E-state index in [1.165, 1.54) is 0 Å². The van der Waals surface area contributed by atoms with E-state index in [1.807, 2.05) is 33.8 Å². The first-order valence-corrected chi connectivity index (χ1v) is 11.5. The molecule has 0 aromatic heterocycles. The molecule has 1 saturated heterocycles. The van der Waals surface area contributed by atoms with Crippen molar-refractivity contribution in [2.24, 2.45) is 29.6 Å². The van der Waals surface area contributed by atoms with Crippen LogP contribution in [-0.4, -0.2) is 55.9 Å². The van der Waals surface area contributed by atoms with Gasteiger partial charge in [0.25, 0.3) is 0 Å². The van der Waals surface area contributed by atoms with Crippen molar-refractivity contribution in [3.8, 4) is 0 Å². The van der Waals surface area contributed by atoms with E-state index in [1.54, 1.807) is 19.9 Å². The molecule has 0 bridgehead atoms. The van der Waals surface area contributed by atoms with Gasteiger partial charge in [-0.15, -0.1) is 0 Å². The van der Waals surface area contributed by atoms with Gasteiger partial charge in [0, 0.05) is 5.92 Å². The lowest BCUT2D eigenvalue weighted by atomic mass is 9.53. The second kappa shape index (κ2) is 7.08. The molecule has 3 aliphatic carbocycles. The van der Waals surface area contributed by atoms with Gasteiger partial charge in [-0.25, -0.2) is 0 Å². The van der Waals surface area contributed by atoms with Crippen LogP contribution >= 0.6 is 0 Å². The first kappa shape index (κ1) is 22.8. The topological polar surface area (TPSA) is 104 Å². The Morgan fingerprint density at radius 3 is 2.42 bits per heavy atom. The zero-order chi connectivity index (χ0) is 23.1. The van der Waals surface area contributed by atoms with Crippen molar-refractivity contribution in [1.29, 1.82) is 0 Å². The molecular weight excluding hydrogens is 396 g/mol. The third kappa shape index (κ3) is 2.91. The van der Waals surface area contributed by atoms with Gasteiger partial charge in [-0.1, -0.05) is 25.5 Å². The highest BCUT2D eigenvalue weighted by Crippen LogP contribution is 2.62. The Hall–Kier alpha value is -1.34. The number of fused-ring (bicyclic) bond motifs is 2. The van der Waals surface area contributed by atoms with Crippen molar-refractivity contribution in [3.05, 3.63) is 23.3 Å². The number of carbonyl (C=O) groups excluding carboxylic acids is 2. The standard InChI is InChI=1S/C25H36O6/c1-12(2)9-19-25(30)15(5)17-8-7-14(4)24(17,29)22(28)21(25)23(6,31-19)11-16-18(26)10-13(3)20(16)27/h9-10,14-19,21,26,29-30H,7-8,11H2,1-6H3. The van der Waals surface area contributed by atoms with Gasteiger partial charge in [-0.05, 0) is 70.4 Å². The van der Waals surface area contributed by atoms with Crippen LogP contribution in [0.15, 0.2) is 23.3 Å². The Kier molecular flexibility index (Phi) is 5.21. The highest BCUT2D eigenvalue weighted by atomic mass is 16.5. The molecule has 0 amide bonds. The van der Waals surface area contributed by atoms with Crippen LogP contribution in [0.25, 0.3) is 0 Å². The quantitative estimate of drug-likeness (QED) is 0.592. The Labute approximate surface area is 184 Å². The monoisotopic (exact) mass is 432 g/mol. The average molecular weight is 433 g/mol. The van der Waals surface area contributed by atoms with Crippen LogP contribution in [0, 0.1) is 29.6 Å². The van der Waals surface area contributed by atoms with E-state index >= 15 is 0 Å². The summed E-state index contributed by atoms with van der Waals surface area (Å²) in [5, 5.41) is 34.2. The lowest BCUT2D eigenvalue weighted by Gasteiger charge is -2.53. The molecule has 0 spiro atoms. The first-order valence-electron chi connectivity index (χ1n) is 11.5. The molecule has 0 aromatic carbocycles. The summed E-state index contributed by atoms with van der Waals surface area (Å²) in [5.41, 5.74) is -2.73. The Morgan fingerprint density at radius 2 is 1.87 bits per heavy atom. The second-order valence-corrected chi connectivity index (χ2v) is 11.0. The van der Waals surface area contributed by atoms with Crippen LogP contribution in [0.1, 0.15) is 60.8 Å². The van der Waals surface area contributed by atoms with Gasteiger partial charge in [0.1, 0.15) is 17.3 Å². The van der Waals surface area contributed by atoms with Gasteiger partial charge in [0.15, 0.2) is 11.6 Å². The minimum Gasteiger partial charge on any atom is -0.388 e. The van der Waals surface area contributed by atoms with Crippen molar-refractivity contribution >= 4 is 11.6 Å². The van der Waals surface area contributed by atoms with Crippen molar-refractivity contribution in [2.75, 3.05) is 0 Å². The maximum absolute atomic E-state index is 13.9.